The SMILES string of the molecule is COc1cc2sc(C(=O)Nc3nnn[nH]3)c(SCC3CC3)c2cc1OC. The lowest BCUT2D eigenvalue weighted by atomic mass is 10.2. The molecule has 1 aliphatic rings. The number of amides is 1. The first-order valence-corrected chi connectivity index (χ1v) is 9.86. The number of carbonyl (C=O) groups excluding carboxylic acids is 1. The van der Waals surface area contributed by atoms with Crippen LogP contribution >= 0.6 is 23.1 Å². The Labute approximate surface area is 157 Å². The van der Waals surface area contributed by atoms with E-state index in [0.717, 1.165) is 26.7 Å². The number of nitrogens with zero attached hydrogens (tertiary/aromatic N) is 3. The fourth-order valence-corrected chi connectivity index (χ4v) is 5.21. The van der Waals surface area contributed by atoms with E-state index in [-0.39, 0.29) is 11.9 Å². The largest absolute Gasteiger partial charge is 0.493 e. The molecule has 0 spiro atoms. The number of aromatic nitrogens is 4. The van der Waals surface area contributed by atoms with Crippen molar-refractivity contribution >= 4 is 45.0 Å². The van der Waals surface area contributed by atoms with E-state index in [9.17, 15) is 4.79 Å². The molecule has 2 aromatic heterocycles. The van der Waals surface area contributed by atoms with E-state index in [4.69, 9.17) is 9.47 Å². The molecule has 2 N–H and O–H groups in total. The van der Waals surface area contributed by atoms with Gasteiger partial charge >= 0.3 is 0 Å². The van der Waals surface area contributed by atoms with E-state index in [1.54, 1.807) is 26.0 Å². The number of thiophene rings is 1. The fourth-order valence-electron chi connectivity index (χ4n) is 2.56. The predicted molar refractivity (Wildman–Crippen MR) is 101 cm³/mol. The molecule has 0 unspecified atom stereocenters. The Kier molecular flexibility index (Phi) is 4.68. The highest BCUT2D eigenvalue weighted by atomic mass is 32.2. The van der Waals surface area contributed by atoms with Gasteiger partial charge in [0.2, 0.25) is 5.95 Å². The number of aromatic amines is 1. The summed E-state index contributed by atoms with van der Waals surface area (Å²) in [5.41, 5.74) is 0. The quantitative estimate of drug-likeness (QED) is 0.596. The molecule has 3 aromatic rings. The van der Waals surface area contributed by atoms with Crippen LogP contribution in [0.25, 0.3) is 10.1 Å². The Morgan fingerprint density at radius 1 is 1.35 bits per heavy atom. The number of ether oxygens (including phenoxy) is 2. The number of tetrazole rings is 1. The van der Waals surface area contributed by atoms with E-state index in [1.165, 1.54) is 24.2 Å². The first-order valence-electron chi connectivity index (χ1n) is 8.06. The third-order valence-corrected chi connectivity index (χ3v) is 6.72. The van der Waals surface area contributed by atoms with Gasteiger partial charge in [-0.05, 0) is 35.3 Å². The maximum absolute atomic E-state index is 12.8. The Morgan fingerprint density at radius 2 is 2.12 bits per heavy atom. The van der Waals surface area contributed by atoms with Crippen LogP contribution in [0.4, 0.5) is 5.95 Å². The van der Waals surface area contributed by atoms with E-state index < -0.39 is 0 Å². The molecule has 0 saturated heterocycles. The van der Waals surface area contributed by atoms with Gasteiger partial charge in [-0.1, -0.05) is 5.10 Å². The van der Waals surface area contributed by atoms with Crippen LogP contribution in [0.15, 0.2) is 17.0 Å². The van der Waals surface area contributed by atoms with Crippen molar-refractivity contribution < 1.29 is 14.3 Å². The Hall–Kier alpha value is -2.33. The second-order valence-corrected chi connectivity index (χ2v) is 8.00. The predicted octanol–water partition coefficient (Wildman–Crippen LogP) is 3.19. The lowest BCUT2D eigenvalue weighted by Crippen LogP contribution is -2.12. The van der Waals surface area contributed by atoms with Gasteiger partial charge in [-0.15, -0.1) is 23.1 Å². The smallest absolute Gasteiger partial charge is 0.269 e. The molecule has 1 saturated carbocycles. The molecule has 8 nitrogen and oxygen atoms in total. The highest BCUT2D eigenvalue weighted by Gasteiger charge is 2.26. The van der Waals surface area contributed by atoms with E-state index in [0.29, 0.717) is 16.4 Å². The zero-order valence-electron chi connectivity index (χ0n) is 14.2. The van der Waals surface area contributed by atoms with Crippen molar-refractivity contribution in [1.82, 2.24) is 20.6 Å². The summed E-state index contributed by atoms with van der Waals surface area (Å²) in [6.07, 6.45) is 2.52. The van der Waals surface area contributed by atoms with Gasteiger partial charge in [0.25, 0.3) is 5.91 Å². The zero-order chi connectivity index (χ0) is 18.1. The summed E-state index contributed by atoms with van der Waals surface area (Å²) >= 11 is 3.14. The third-order valence-electron chi connectivity index (χ3n) is 4.09. The zero-order valence-corrected chi connectivity index (χ0v) is 15.9. The Bertz CT molecular complexity index is 937. The summed E-state index contributed by atoms with van der Waals surface area (Å²) in [7, 11) is 3.21. The molecule has 1 aliphatic carbocycles. The average Bonchev–Trinajstić information content (AvgIpc) is 3.21. The molecule has 26 heavy (non-hydrogen) atoms. The monoisotopic (exact) mass is 391 g/mol. The summed E-state index contributed by atoms with van der Waals surface area (Å²) < 4.78 is 11.8. The maximum atomic E-state index is 12.8. The van der Waals surface area contributed by atoms with Crippen LogP contribution in [0.5, 0.6) is 11.5 Å². The van der Waals surface area contributed by atoms with Gasteiger partial charge in [0.1, 0.15) is 4.88 Å². The van der Waals surface area contributed by atoms with Crippen LogP contribution in [-0.2, 0) is 0 Å². The highest BCUT2D eigenvalue weighted by Crippen LogP contribution is 2.45. The first kappa shape index (κ1) is 17.1. The minimum Gasteiger partial charge on any atom is -0.493 e. The van der Waals surface area contributed by atoms with Gasteiger partial charge in [0.05, 0.1) is 14.2 Å². The first-order chi connectivity index (χ1) is 12.7. The van der Waals surface area contributed by atoms with Crippen molar-refractivity contribution in [3.05, 3.63) is 17.0 Å². The lowest BCUT2D eigenvalue weighted by molar-refractivity contribution is 0.102. The summed E-state index contributed by atoms with van der Waals surface area (Å²) in [5, 5.41) is 16.9. The van der Waals surface area contributed by atoms with E-state index in [1.807, 2.05) is 12.1 Å². The van der Waals surface area contributed by atoms with Crippen molar-refractivity contribution in [2.24, 2.45) is 5.92 Å². The molecular weight excluding hydrogens is 374 g/mol. The molecule has 0 radical (unpaired) electrons. The number of rotatable bonds is 7. The second kappa shape index (κ2) is 7.12. The number of nitrogens with one attached hydrogen (secondary N) is 2. The van der Waals surface area contributed by atoms with Crippen LogP contribution in [-0.4, -0.2) is 46.5 Å². The van der Waals surface area contributed by atoms with Crippen molar-refractivity contribution in [1.29, 1.82) is 0 Å². The maximum Gasteiger partial charge on any atom is 0.269 e. The molecule has 136 valence electrons. The van der Waals surface area contributed by atoms with Crippen LogP contribution < -0.4 is 14.8 Å². The van der Waals surface area contributed by atoms with Crippen molar-refractivity contribution in [3.63, 3.8) is 0 Å². The Morgan fingerprint density at radius 3 is 2.77 bits per heavy atom. The number of hydrogen-bond donors (Lipinski definition) is 2. The number of carbonyl (C=O) groups is 1. The number of anilines is 1. The van der Waals surface area contributed by atoms with Gasteiger partial charge in [0.15, 0.2) is 11.5 Å². The Balaban J connectivity index is 1.75. The van der Waals surface area contributed by atoms with Crippen LogP contribution in [0, 0.1) is 5.92 Å². The third kappa shape index (κ3) is 3.34. The topological polar surface area (TPSA) is 102 Å². The summed E-state index contributed by atoms with van der Waals surface area (Å²) in [6.45, 7) is 0. The van der Waals surface area contributed by atoms with Gasteiger partial charge in [-0.3, -0.25) is 10.1 Å². The van der Waals surface area contributed by atoms with Gasteiger partial charge in [-0.2, -0.15) is 0 Å². The number of H-pyrrole nitrogens is 1. The minimum absolute atomic E-state index is 0.223. The van der Waals surface area contributed by atoms with Gasteiger partial charge in [0, 0.05) is 26.8 Å². The average molecular weight is 391 g/mol. The number of hydrogen-bond acceptors (Lipinski definition) is 8. The fraction of sp³-hybridized carbons (Fsp3) is 0.375. The number of thioether (sulfide) groups is 1. The summed E-state index contributed by atoms with van der Waals surface area (Å²) in [4.78, 5) is 14.4. The molecule has 1 fully saturated rings. The van der Waals surface area contributed by atoms with Gasteiger partial charge in [-0.25, -0.2) is 5.10 Å². The van der Waals surface area contributed by atoms with Crippen molar-refractivity contribution in [2.75, 3.05) is 25.3 Å². The van der Waals surface area contributed by atoms with Crippen molar-refractivity contribution in [2.45, 2.75) is 17.7 Å². The molecule has 0 bridgehead atoms. The summed E-state index contributed by atoms with van der Waals surface area (Å²) in [6, 6.07) is 3.85. The molecule has 1 amide bonds. The second-order valence-electron chi connectivity index (χ2n) is 5.92. The van der Waals surface area contributed by atoms with Crippen LogP contribution in [0.3, 0.4) is 0 Å². The lowest BCUT2D eigenvalue weighted by Gasteiger charge is -2.08. The molecular formula is C16H17N5O3S2. The molecule has 2 heterocycles. The summed E-state index contributed by atoms with van der Waals surface area (Å²) in [5.74, 6) is 3.03. The normalized spacial score (nSPS) is 13.8. The number of benzene rings is 1. The minimum atomic E-state index is -0.235. The van der Waals surface area contributed by atoms with Crippen LogP contribution in [0.2, 0.25) is 0 Å². The van der Waals surface area contributed by atoms with Crippen LogP contribution in [0.1, 0.15) is 22.5 Å². The molecule has 0 aliphatic heterocycles. The van der Waals surface area contributed by atoms with E-state index in [2.05, 4.69) is 25.9 Å². The standard InChI is InChI=1S/C16H17N5O3S2/c1-23-10-5-9-12(6-11(10)24-2)26-14(13(9)25-7-8-3-4-8)15(22)17-16-18-20-21-19-16/h5-6,8H,3-4,7H2,1-2H3,(H2,17,18,19,20,21,22). The molecule has 10 heteroatoms. The van der Waals surface area contributed by atoms with Crippen molar-refractivity contribution in [3.8, 4) is 11.5 Å². The molecule has 4 rings (SSSR count). The van der Waals surface area contributed by atoms with Gasteiger partial charge < -0.3 is 9.47 Å². The molecule has 1 aromatic carbocycles. The van der Waals surface area contributed by atoms with E-state index >= 15 is 0 Å². The molecule has 0 atom stereocenters. The highest BCUT2D eigenvalue weighted by molar-refractivity contribution is 7.99. The number of fused-ring (bicyclic) bond motifs is 1. The number of methoxy groups -OCH3 is 2.